The smallest absolute Gasteiger partial charge is 0.372 e. The van der Waals surface area contributed by atoms with E-state index in [1.807, 2.05) is 18.2 Å². The Hall–Kier alpha value is -2.71. The van der Waals surface area contributed by atoms with Gasteiger partial charge in [0.15, 0.2) is 0 Å². The van der Waals surface area contributed by atoms with Crippen LogP contribution in [0.1, 0.15) is 41.5 Å². The van der Waals surface area contributed by atoms with E-state index in [1.54, 1.807) is 42.7 Å². The summed E-state index contributed by atoms with van der Waals surface area (Å²) in [7, 11) is 3.19. The fourth-order valence-corrected chi connectivity index (χ4v) is 15.2. The van der Waals surface area contributed by atoms with Crippen molar-refractivity contribution in [2.45, 2.75) is 63.6 Å². The third kappa shape index (κ3) is 9.55. The first-order valence-electron chi connectivity index (χ1n) is 17.4. The molecule has 0 radical (unpaired) electrons. The molecule has 264 valence electrons. The highest BCUT2D eigenvalue weighted by atomic mass is 28.4. The molecule has 0 amide bonds. The highest BCUT2D eigenvalue weighted by molar-refractivity contribution is 6.82. The van der Waals surface area contributed by atoms with Gasteiger partial charge in [0.2, 0.25) is 0 Å². The van der Waals surface area contributed by atoms with E-state index in [-0.39, 0.29) is 0 Å². The lowest BCUT2D eigenvalue weighted by molar-refractivity contribution is 0.256. The number of hydrogen-bond acceptors (Lipinski definition) is 6. The van der Waals surface area contributed by atoms with E-state index < -0.39 is 25.7 Å². The molecule has 4 rings (SSSR count). The summed E-state index contributed by atoms with van der Waals surface area (Å²) >= 11 is 0. The van der Waals surface area contributed by atoms with E-state index in [0.717, 1.165) is 56.7 Å². The van der Waals surface area contributed by atoms with Crippen LogP contribution in [0, 0.1) is 6.92 Å². The van der Waals surface area contributed by atoms with Gasteiger partial charge in [-0.25, -0.2) is 0 Å². The van der Waals surface area contributed by atoms with Gasteiger partial charge in [-0.1, -0.05) is 103 Å². The van der Waals surface area contributed by atoms with Crippen LogP contribution in [0.2, 0.25) is 18.1 Å². The quantitative estimate of drug-likeness (QED) is 0.0894. The fourth-order valence-electron chi connectivity index (χ4n) is 7.20. The molecular formula is C40H56O6Si3. The van der Waals surface area contributed by atoms with Crippen LogP contribution in [-0.2, 0) is 45.8 Å². The summed E-state index contributed by atoms with van der Waals surface area (Å²) < 4.78 is 36.9. The summed E-state index contributed by atoms with van der Waals surface area (Å²) in [5, 5.41) is 3.53. The normalized spacial score (nSPS) is 12.4. The Morgan fingerprint density at radius 1 is 0.408 bits per heavy atom. The molecular weight excluding hydrogens is 661 g/mol. The van der Waals surface area contributed by atoms with E-state index in [1.165, 1.54) is 37.8 Å². The van der Waals surface area contributed by atoms with Crippen molar-refractivity contribution in [3.8, 4) is 0 Å². The molecule has 4 aromatic carbocycles. The molecule has 0 saturated heterocycles. The highest BCUT2D eigenvalue weighted by Crippen LogP contribution is 2.27. The Morgan fingerprint density at radius 3 is 0.980 bits per heavy atom. The molecule has 0 saturated carbocycles. The maximum absolute atomic E-state index is 6.15. The number of aryl methyl sites for hydroxylation is 3. The monoisotopic (exact) mass is 716 g/mol. The molecule has 9 heteroatoms. The zero-order valence-electron chi connectivity index (χ0n) is 30.6. The Morgan fingerprint density at radius 2 is 0.694 bits per heavy atom. The lowest BCUT2D eigenvalue weighted by Gasteiger charge is -2.28. The third-order valence-electron chi connectivity index (χ3n) is 10.2. The molecule has 0 aliphatic carbocycles. The molecule has 0 heterocycles. The zero-order valence-corrected chi connectivity index (χ0v) is 33.6. The predicted octanol–water partition coefficient (Wildman–Crippen LogP) is 6.72. The van der Waals surface area contributed by atoms with Crippen molar-refractivity contribution in [3.63, 3.8) is 0 Å². The minimum absolute atomic E-state index is 0.891. The first kappa shape index (κ1) is 39.1. The molecule has 0 N–H and O–H groups in total. The van der Waals surface area contributed by atoms with Crippen molar-refractivity contribution in [2.75, 3.05) is 42.7 Å². The van der Waals surface area contributed by atoms with Gasteiger partial charge in [0.1, 0.15) is 0 Å². The number of benzene rings is 4. The second kappa shape index (κ2) is 19.1. The van der Waals surface area contributed by atoms with Gasteiger partial charge in [-0.05, 0) is 101 Å². The Balaban J connectivity index is 1.56. The van der Waals surface area contributed by atoms with Crippen LogP contribution in [0.5, 0.6) is 0 Å². The lowest BCUT2D eigenvalue weighted by atomic mass is 9.92. The standard InChI is InChI=1S/C40H56O6Si3/c1-34-36(21-18-30-48(43-4,44-5)39-25-13-9-14-26-39)32-35(20-17-29-47(41-2,42-3)38-23-11-8-12-24-38)33-37(34)22-19-31-49(45-6,46-7)40-27-15-10-16-28-40/h8-16,23-28,32-33H,17-22,29-31H2,1-7H3. The maximum Gasteiger partial charge on any atom is 0.372 e. The third-order valence-corrected chi connectivity index (χ3v) is 20.8. The van der Waals surface area contributed by atoms with Crippen LogP contribution < -0.4 is 15.6 Å². The maximum atomic E-state index is 6.15. The van der Waals surface area contributed by atoms with E-state index in [2.05, 4.69) is 91.9 Å². The van der Waals surface area contributed by atoms with Crippen molar-refractivity contribution in [3.05, 3.63) is 125 Å². The molecule has 4 aromatic rings. The average molecular weight is 717 g/mol. The van der Waals surface area contributed by atoms with Crippen molar-refractivity contribution in [1.82, 2.24) is 0 Å². The molecule has 0 atom stereocenters. The lowest BCUT2D eigenvalue weighted by Crippen LogP contribution is -2.52. The molecule has 0 aliphatic heterocycles. The topological polar surface area (TPSA) is 55.4 Å². The van der Waals surface area contributed by atoms with E-state index in [4.69, 9.17) is 26.6 Å². The van der Waals surface area contributed by atoms with Gasteiger partial charge in [-0.2, -0.15) is 0 Å². The summed E-state index contributed by atoms with van der Waals surface area (Å²) in [4.78, 5) is 0. The van der Waals surface area contributed by atoms with Gasteiger partial charge in [0, 0.05) is 42.7 Å². The summed E-state index contributed by atoms with van der Waals surface area (Å²) in [6, 6.07) is 38.9. The summed E-state index contributed by atoms with van der Waals surface area (Å²) in [6.07, 6.45) is 5.87. The van der Waals surface area contributed by atoms with E-state index in [9.17, 15) is 0 Å². The van der Waals surface area contributed by atoms with Crippen LogP contribution in [0.15, 0.2) is 103 Å². The molecule has 0 bridgehead atoms. The molecule has 0 spiro atoms. The molecule has 6 nitrogen and oxygen atoms in total. The van der Waals surface area contributed by atoms with Crippen LogP contribution in [-0.4, -0.2) is 68.3 Å². The van der Waals surface area contributed by atoms with Gasteiger partial charge in [0.25, 0.3) is 0 Å². The molecule has 0 aliphatic rings. The SMILES string of the molecule is CO[Si](CCCc1cc(CCC[Si](OC)(OC)c2ccccc2)c(C)c(CCC[Si](OC)(OC)c2ccccc2)c1)(OC)c1ccccc1. The first-order valence-corrected chi connectivity index (χ1v) is 23.5. The molecule has 0 aromatic heterocycles. The van der Waals surface area contributed by atoms with Crippen molar-refractivity contribution < 1.29 is 26.6 Å². The average Bonchev–Trinajstić information content (AvgIpc) is 3.16. The van der Waals surface area contributed by atoms with Gasteiger partial charge in [-0.15, -0.1) is 0 Å². The van der Waals surface area contributed by atoms with Gasteiger partial charge in [-0.3, -0.25) is 0 Å². The van der Waals surface area contributed by atoms with Gasteiger partial charge >= 0.3 is 25.7 Å². The van der Waals surface area contributed by atoms with Crippen molar-refractivity contribution in [1.29, 1.82) is 0 Å². The van der Waals surface area contributed by atoms with Crippen LogP contribution in [0.3, 0.4) is 0 Å². The van der Waals surface area contributed by atoms with Crippen LogP contribution in [0.25, 0.3) is 0 Å². The number of rotatable bonds is 21. The fraction of sp³-hybridized carbons (Fsp3) is 0.400. The summed E-state index contributed by atoms with van der Waals surface area (Å²) in [6.45, 7) is 2.29. The largest absolute Gasteiger partial charge is 0.394 e. The van der Waals surface area contributed by atoms with E-state index >= 15 is 0 Å². The predicted molar refractivity (Wildman–Crippen MR) is 208 cm³/mol. The molecule has 0 fully saturated rings. The minimum Gasteiger partial charge on any atom is -0.394 e. The zero-order chi connectivity index (χ0) is 35.2. The van der Waals surface area contributed by atoms with Crippen LogP contribution >= 0.6 is 0 Å². The van der Waals surface area contributed by atoms with E-state index in [0.29, 0.717) is 0 Å². The van der Waals surface area contributed by atoms with Crippen molar-refractivity contribution in [2.24, 2.45) is 0 Å². The molecule has 0 unspecified atom stereocenters. The molecule has 49 heavy (non-hydrogen) atoms. The Labute approximate surface area is 298 Å². The Kier molecular flexibility index (Phi) is 15.2. The number of hydrogen-bond donors (Lipinski definition) is 0. The highest BCUT2D eigenvalue weighted by Gasteiger charge is 2.39. The summed E-state index contributed by atoms with van der Waals surface area (Å²) in [5.74, 6) is 0. The minimum atomic E-state index is -2.53. The second-order valence-corrected chi connectivity index (χ2v) is 22.9. The second-order valence-electron chi connectivity index (χ2n) is 12.7. The Bertz CT molecular complexity index is 1440. The summed E-state index contributed by atoms with van der Waals surface area (Å²) in [5.41, 5.74) is 5.57. The van der Waals surface area contributed by atoms with Gasteiger partial charge in [0.05, 0.1) is 0 Å². The van der Waals surface area contributed by atoms with Crippen LogP contribution in [0.4, 0.5) is 0 Å². The van der Waals surface area contributed by atoms with Gasteiger partial charge < -0.3 is 26.6 Å². The first-order chi connectivity index (χ1) is 23.8. The van der Waals surface area contributed by atoms with Crippen molar-refractivity contribution >= 4 is 41.2 Å².